The summed E-state index contributed by atoms with van der Waals surface area (Å²) in [5.74, 6) is 4.36. The van der Waals surface area contributed by atoms with E-state index in [1.165, 1.54) is 33.4 Å². The Morgan fingerprint density at radius 1 is 0.436 bits per heavy atom. The van der Waals surface area contributed by atoms with E-state index in [1.54, 1.807) is 21.3 Å². The molecule has 3 aromatic carbocycles. The van der Waals surface area contributed by atoms with Crippen molar-refractivity contribution in [3.63, 3.8) is 0 Å². The molecule has 0 heterocycles. The number of hydrogen-bond donors (Lipinski definition) is 0. The predicted molar refractivity (Wildman–Crippen MR) is 165 cm³/mol. The highest BCUT2D eigenvalue weighted by atomic mass is 79.9. The van der Waals surface area contributed by atoms with Crippen LogP contribution < -0.4 is 28.4 Å². The number of rotatable bonds is 12. The first-order valence-corrected chi connectivity index (χ1v) is 16.1. The molecule has 0 aromatic heterocycles. The minimum atomic E-state index is 0.546. The van der Waals surface area contributed by atoms with E-state index in [1.807, 2.05) is 0 Å². The Morgan fingerprint density at radius 2 is 0.667 bits per heavy atom. The summed E-state index contributed by atoms with van der Waals surface area (Å²) >= 11 is 10.4. The van der Waals surface area contributed by atoms with Crippen LogP contribution in [0.25, 0.3) is 0 Å². The molecule has 0 radical (unpaired) electrons. The number of methoxy groups -OCH3 is 3. The molecule has 0 spiro atoms. The first-order valence-electron chi connectivity index (χ1n) is 12.7. The Kier molecular flexibility index (Phi) is 11.1. The summed E-state index contributed by atoms with van der Waals surface area (Å²) in [7, 11) is 5.03. The van der Waals surface area contributed by atoms with Gasteiger partial charge in [-0.3, -0.25) is 0 Å². The van der Waals surface area contributed by atoms with Crippen LogP contribution in [0.5, 0.6) is 34.5 Å². The molecule has 1 aliphatic rings. The topological polar surface area (TPSA) is 55.4 Å². The third-order valence-electron chi connectivity index (χ3n) is 6.60. The van der Waals surface area contributed by atoms with Crippen LogP contribution in [-0.4, -0.2) is 57.1 Å². The number of ether oxygens (including phenoxy) is 6. The van der Waals surface area contributed by atoms with Crippen LogP contribution in [0.1, 0.15) is 33.4 Å². The monoisotopic (exact) mass is 726 g/mol. The average Bonchev–Trinajstić information content (AvgIpc) is 3.01. The Balaban J connectivity index is 1.93. The highest BCUT2D eigenvalue weighted by molar-refractivity contribution is 9.09. The van der Waals surface area contributed by atoms with Gasteiger partial charge in [0.15, 0.2) is 34.5 Å². The number of benzene rings is 3. The van der Waals surface area contributed by atoms with Gasteiger partial charge in [-0.25, -0.2) is 0 Å². The van der Waals surface area contributed by atoms with Crippen molar-refractivity contribution in [3.05, 3.63) is 69.8 Å². The van der Waals surface area contributed by atoms with Crippen LogP contribution in [0.15, 0.2) is 36.4 Å². The Hall–Kier alpha value is -2.10. The summed E-state index contributed by atoms with van der Waals surface area (Å²) in [6, 6.07) is 12.6. The van der Waals surface area contributed by atoms with Crippen LogP contribution in [0.2, 0.25) is 0 Å². The first-order chi connectivity index (χ1) is 19.0. The van der Waals surface area contributed by atoms with Crippen LogP contribution in [-0.2, 0) is 19.3 Å². The molecule has 0 saturated carbocycles. The summed E-state index contributed by atoms with van der Waals surface area (Å²) in [4.78, 5) is 0. The van der Waals surface area contributed by atoms with E-state index in [0.29, 0.717) is 39.1 Å². The molecule has 1 aliphatic carbocycles. The maximum absolute atomic E-state index is 6.04. The van der Waals surface area contributed by atoms with Crippen LogP contribution >= 0.6 is 47.8 Å². The minimum Gasteiger partial charge on any atom is -0.493 e. The molecule has 0 amide bonds. The second kappa shape index (κ2) is 14.5. The Labute approximate surface area is 255 Å². The zero-order chi connectivity index (χ0) is 27.8. The van der Waals surface area contributed by atoms with E-state index in [9.17, 15) is 0 Å². The number of halogens is 3. The predicted octanol–water partition coefficient (Wildman–Crippen LogP) is 7.12. The molecule has 6 nitrogen and oxygen atoms in total. The average molecular weight is 729 g/mol. The van der Waals surface area contributed by atoms with E-state index in [-0.39, 0.29) is 0 Å². The standard InChI is InChI=1S/C30H33Br3O6/c1-34-25-13-19-10-23-17-29(38-8-5-32)27(36-3)15-21(23)12-24-18-30(39-9-6-33)26(35-2)14-20(24)11-22(19)16-28(25)37-7-4-31/h13-18H,4-12H2,1-3H3. The van der Waals surface area contributed by atoms with E-state index in [0.717, 1.165) is 50.5 Å². The fourth-order valence-electron chi connectivity index (χ4n) is 4.80. The fraction of sp³-hybridized carbons (Fsp3) is 0.400. The molecule has 9 heteroatoms. The summed E-state index contributed by atoms with van der Waals surface area (Å²) in [5.41, 5.74) is 7.02. The van der Waals surface area contributed by atoms with Crippen LogP contribution in [0, 0.1) is 0 Å². The highest BCUT2D eigenvalue weighted by Gasteiger charge is 2.22. The molecule has 39 heavy (non-hydrogen) atoms. The van der Waals surface area contributed by atoms with Gasteiger partial charge in [0.05, 0.1) is 41.2 Å². The first kappa shape index (κ1) is 29.9. The summed E-state index contributed by atoms with van der Waals surface area (Å²) < 4.78 is 35.4. The molecule has 0 aliphatic heterocycles. The van der Waals surface area contributed by atoms with Crippen molar-refractivity contribution in [2.75, 3.05) is 57.1 Å². The van der Waals surface area contributed by atoms with Crippen molar-refractivity contribution in [1.29, 1.82) is 0 Å². The van der Waals surface area contributed by atoms with E-state index in [2.05, 4.69) is 84.2 Å². The maximum Gasteiger partial charge on any atom is 0.161 e. The fourth-order valence-corrected chi connectivity index (χ4v) is 5.28. The molecule has 4 rings (SSSR count). The van der Waals surface area contributed by atoms with Gasteiger partial charge in [0.1, 0.15) is 0 Å². The molecule has 0 N–H and O–H groups in total. The number of alkyl halides is 3. The quantitative estimate of drug-likeness (QED) is 0.145. The van der Waals surface area contributed by atoms with Crippen LogP contribution in [0.4, 0.5) is 0 Å². The molecule has 0 bridgehead atoms. The van der Waals surface area contributed by atoms with Gasteiger partial charge in [0.2, 0.25) is 0 Å². The Bertz CT molecular complexity index is 1120. The van der Waals surface area contributed by atoms with Crippen molar-refractivity contribution in [2.45, 2.75) is 19.3 Å². The number of fused-ring (bicyclic) bond motifs is 3. The largest absolute Gasteiger partial charge is 0.493 e. The van der Waals surface area contributed by atoms with Gasteiger partial charge in [-0.15, -0.1) is 0 Å². The SMILES string of the molecule is COc1cc2c(cc1OCCBr)Cc1cc(OC)c(OCCBr)cc1Cc1cc(OC)c(OCCBr)cc1C2. The number of hydrogen-bond acceptors (Lipinski definition) is 6. The lowest BCUT2D eigenvalue weighted by atomic mass is 9.94. The van der Waals surface area contributed by atoms with Gasteiger partial charge >= 0.3 is 0 Å². The van der Waals surface area contributed by atoms with Crippen molar-refractivity contribution < 1.29 is 28.4 Å². The summed E-state index contributed by atoms with van der Waals surface area (Å²) in [6.45, 7) is 1.64. The molecule has 0 unspecified atom stereocenters. The maximum atomic E-state index is 6.04. The van der Waals surface area contributed by atoms with E-state index < -0.39 is 0 Å². The van der Waals surface area contributed by atoms with Crippen LogP contribution in [0.3, 0.4) is 0 Å². The third kappa shape index (κ3) is 7.16. The lowest BCUT2D eigenvalue weighted by Gasteiger charge is -2.18. The van der Waals surface area contributed by atoms with Gasteiger partial charge < -0.3 is 28.4 Å². The molecule has 0 saturated heterocycles. The molecule has 0 fully saturated rings. The summed E-state index contributed by atoms with van der Waals surface area (Å²) in [5, 5.41) is 2.20. The highest BCUT2D eigenvalue weighted by Crippen LogP contribution is 2.41. The lowest BCUT2D eigenvalue weighted by Crippen LogP contribution is -2.05. The van der Waals surface area contributed by atoms with Gasteiger partial charge in [-0.2, -0.15) is 0 Å². The smallest absolute Gasteiger partial charge is 0.161 e. The van der Waals surface area contributed by atoms with Gasteiger partial charge in [-0.1, -0.05) is 47.8 Å². The van der Waals surface area contributed by atoms with Gasteiger partial charge in [0, 0.05) is 16.0 Å². The van der Waals surface area contributed by atoms with E-state index >= 15 is 0 Å². The van der Waals surface area contributed by atoms with E-state index in [4.69, 9.17) is 28.4 Å². The molecule has 3 aromatic rings. The molecule has 0 atom stereocenters. The molecule has 210 valence electrons. The second-order valence-electron chi connectivity index (χ2n) is 8.96. The van der Waals surface area contributed by atoms with Gasteiger partial charge in [-0.05, 0) is 89.0 Å². The minimum absolute atomic E-state index is 0.546. The van der Waals surface area contributed by atoms with Crippen molar-refractivity contribution >= 4 is 47.8 Å². The second-order valence-corrected chi connectivity index (χ2v) is 11.3. The van der Waals surface area contributed by atoms with Crippen molar-refractivity contribution in [1.82, 2.24) is 0 Å². The third-order valence-corrected chi connectivity index (χ3v) is 7.58. The zero-order valence-electron chi connectivity index (χ0n) is 22.4. The van der Waals surface area contributed by atoms with Gasteiger partial charge in [0.25, 0.3) is 0 Å². The summed E-state index contributed by atoms with van der Waals surface area (Å²) in [6.07, 6.45) is 2.14. The Morgan fingerprint density at radius 3 is 0.872 bits per heavy atom. The molecular formula is C30H33Br3O6. The lowest BCUT2D eigenvalue weighted by molar-refractivity contribution is 0.313. The molecular weight excluding hydrogens is 696 g/mol. The zero-order valence-corrected chi connectivity index (χ0v) is 27.2. The normalized spacial score (nSPS) is 12.2. The van der Waals surface area contributed by atoms with Crippen molar-refractivity contribution in [2.24, 2.45) is 0 Å². The van der Waals surface area contributed by atoms with Crippen molar-refractivity contribution in [3.8, 4) is 34.5 Å².